The lowest BCUT2D eigenvalue weighted by molar-refractivity contribution is 0.537. The van der Waals surface area contributed by atoms with Crippen LogP contribution in [0.25, 0.3) is 23.3 Å². The van der Waals surface area contributed by atoms with Gasteiger partial charge in [0.1, 0.15) is 0 Å². The first kappa shape index (κ1) is 12.6. The Bertz CT molecular complexity index is 965. The smallest absolute Gasteiger partial charge is 0.243 e. The minimum atomic E-state index is 0.621. The van der Waals surface area contributed by atoms with Gasteiger partial charge in [0.2, 0.25) is 12.3 Å². The molecule has 2 aliphatic carbocycles. The summed E-state index contributed by atoms with van der Waals surface area (Å²) in [4.78, 5) is 0. The van der Waals surface area contributed by atoms with Crippen LogP contribution >= 0.6 is 0 Å². The summed E-state index contributed by atoms with van der Waals surface area (Å²) in [5.74, 6) is 0.621. The average Bonchev–Trinajstić information content (AvgIpc) is 3.31. The molecular weight excluding hydrogens is 284 g/mol. The van der Waals surface area contributed by atoms with Crippen molar-refractivity contribution in [3.8, 4) is 0 Å². The summed E-state index contributed by atoms with van der Waals surface area (Å²) in [6.07, 6.45) is 7.71. The number of benzene rings is 2. The van der Waals surface area contributed by atoms with E-state index in [1.165, 1.54) is 39.8 Å². The van der Waals surface area contributed by atoms with Crippen LogP contribution in [0.5, 0.6) is 0 Å². The van der Waals surface area contributed by atoms with Crippen LogP contribution < -0.4 is 0 Å². The molecule has 0 saturated carbocycles. The van der Waals surface area contributed by atoms with Crippen molar-refractivity contribution in [1.82, 2.24) is 10.2 Å². The molecule has 0 fully saturated rings. The van der Waals surface area contributed by atoms with E-state index in [1.807, 2.05) is 0 Å². The Morgan fingerprint density at radius 1 is 0.826 bits per heavy atom. The third-order valence-electron chi connectivity index (χ3n) is 4.63. The molecule has 3 heteroatoms. The van der Waals surface area contributed by atoms with Crippen LogP contribution in [0.15, 0.2) is 53.3 Å². The molecular formula is C20H14N2O. The van der Waals surface area contributed by atoms with Crippen molar-refractivity contribution in [2.45, 2.75) is 12.8 Å². The predicted octanol–water partition coefficient (Wildman–Crippen LogP) is 4.26. The zero-order valence-electron chi connectivity index (χ0n) is 12.5. The number of allylic oxidation sites excluding steroid dienone is 2. The van der Waals surface area contributed by atoms with Gasteiger partial charge in [0.15, 0.2) is 0 Å². The zero-order valence-corrected chi connectivity index (χ0v) is 12.5. The topological polar surface area (TPSA) is 38.9 Å². The van der Waals surface area contributed by atoms with Gasteiger partial charge in [0.05, 0.1) is 0 Å². The van der Waals surface area contributed by atoms with Crippen molar-refractivity contribution in [1.29, 1.82) is 0 Å². The molecule has 0 N–H and O–H groups in total. The number of hydrogen-bond donors (Lipinski definition) is 0. The van der Waals surface area contributed by atoms with Crippen LogP contribution in [0.4, 0.5) is 0 Å². The SMILES string of the molecule is C1=C(c2ccc3c(c2)C=C(c2nnco2)C3)Cc2ccccc21. The summed E-state index contributed by atoms with van der Waals surface area (Å²) in [7, 11) is 0. The minimum Gasteiger partial charge on any atom is -0.424 e. The highest BCUT2D eigenvalue weighted by Crippen LogP contribution is 2.36. The Morgan fingerprint density at radius 3 is 2.52 bits per heavy atom. The van der Waals surface area contributed by atoms with E-state index in [9.17, 15) is 0 Å². The maximum Gasteiger partial charge on any atom is 0.243 e. The van der Waals surface area contributed by atoms with E-state index in [0.29, 0.717) is 5.89 Å². The quantitative estimate of drug-likeness (QED) is 0.709. The van der Waals surface area contributed by atoms with Gasteiger partial charge < -0.3 is 4.42 Å². The second-order valence-electron chi connectivity index (χ2n) is 6.05. The fourth-order valence-corrected chi connectivity index (χ4v) is 3.45. The molecule has 0 unspecified atom stereocenters. The largest absolute Gasteiger partial charge is 0.424 e. The average molecular weight is 298 g/mol. The monoisotopic (exact) mass is 298 g/mol. The summed E-state index contributed by atoms with van der Waals surface area (Å²) in [6.45, 7) is 0. The van der Waals surface area contributed by atoms with E-state index in [-0.39, 0.29) is 0 Å². The molecule has 0 aliphatic heterocycles. The van der Waals surface area contributed by atoms with Crippen LogP contribution in [-0.4, -0.2) is 10.2 Å². The number of hydrogen-bond acceptors (Lipinski definition) is 3. The normalized spacial score (nSPS) is 15.1. The van der Waals surface area contributed by atoms with Gasteiger partial charge in [-0.3, -0.25) is 0 Å². The van der Waals surface area contributed by atoms with Gasteiger partial charge in [0, 0.05) is 12.0 Å². The van der Waals surface area contributed by atoms with Gasteiger partial charge in [-0.1, -0.05) is 42.5 Å². The van der Waals surface area contributed by atoms with Crippen molar-refractivity contribution in [3.05, 3.63) is 82.6 Å². The molecule has 5 rings (SSSR count). The predicted molar refractivity (Wildman–Crippen MR) is 90.3 cm³/mol. The highest BCUT2D eigenvalue weighted by atomic mass is 16.4. The fraction of sp³-hybridized carbons (Fsp3) is 0.100. The third kappa shape index (κ3) is 2.05. The Balaban J connectivity index is 1.51. The van der Waals surface area contributed by atoms with Crippen LogP contribution in [0.3, 0.4) is 0 Å². The maximum atomic E-state index is 5.32. The van der Waals surface area contributed by atoms with Crippen LogP contribution in [0.1, 0.15) is 33.7 Å². The molecule has 0 atom stereocenters. The Morgan fingerprint density at radius 2 is 1.65 bits per heavy atom. The zero-order chi connectivity index (χ0) is 15.2. The third-order valence-corrected chi connectivity index (χ3v) is 4.63. The van der Waals surface area contributed by atoms with E-state index in [0.717, 1.165) is 18.4 Å². The molecule has 3 nitrogen and oxygen atoms in total. The molecule has 110 valence electrons. The molecule has 1 heterocycles. The summed E-state index contributed by atoms with van der Waals surface area (Å²) in [6, 6.07) is 15.3. The summed E-state index contributed by atoms with van der Waals surface area (Å²) < 4.78 is 5.32. The fourth-order valence-electron chi connectivity index (χ4n) is 3.45. The number of aromatic nitrogens is 2. The number of rotatable bonds is 2. The van der Waals surface area contributed by atoms with Crippen LogP contribution in [0, 0.1) is 0 Å². The molecule has 2 aliphatic rings. The lowest BCUT2D eigenvalue weighted by Gasteiger charge is -2.05. The molecule has 23 heavy (non-hydrogen) atoms. The maximum absolute atomic E-state index is 5.32. The van der Waals surface area contributed by atoms with Gasteiger partial charge in [-0.2, -0.15) is 0 Å². The lowest BCUT2D eigenvalue weighted by Crippen LogP contribution is -1.89. The lowest BCUT2D eigenvalue weighted by atomic mass is 9.99. The molecule has 1 aromatic heterocycles. The van der Waals surface area contributed by atoms with E-state index in [4.69, 9.17) is 4.42 Å². The summed E-state index contributed by atoms with van der Waals surface area (Å²) in [5.41, 5.74) is 9.09. The van der Waals surface area contributed by atoms with Crippen molar-refractivity contribution < 1.29 is 4.42 Å². The highest BCUT2D eigenvalue weighted by Gasteiger charge is 2.19. The second-order valence-corrected chi connectivity index (χ2v) is 6.05. The van der Waals surface area contributed by atoms with Crippen molar-refractivity contribution in [2.75, 3.05) is 0 Å². The standard InChI is InChI=1S/C20H14N2O/c1-2-4-14-8-17(7-13(14)3-1)15-5-6-16-10-19(11-18(16)9-15)20-22-21-12-23-20/h1-7,9,11-12H,8,10H2. The number of fused-ring (bicyclic) bond motifs is 2. The molecule has 0 radical (unpaired) electrons. The van der Waals surface area contributed by atoms with E-state index >= 15 is 0 Å². The van der Waals surface area contributed by atoms with Crippen molar-refractivity contribution >= 4 is 23.3 Å². The second kappa shape index (κ2) is 4.78. The van der Waals surface area contributed by atoms with Gasteiger partial charge in [-0.05, 0) is 52.0 Å². The van der Waals surface area contributed by atoms with Gasteiger partial charge in [-0.25, -0.2) is 0 Å². The van der Waals surface area contributed by atoms with E-state index in [1.54, 1.807) is 0 Å². The van der Waals surface area contributed by atoms with Gasteiger partial charge in [-0.15, -0.1) is 10.2 Å². The minimum absolute atomic E-state index is 0.621. The van der Waals surface area contributed by atoms with E-state index in [2.05, 4.69) is 64.8 Å². The molecule has 0 saturated heterocycles. The van der Waals surface area contributed by atoms with Crippen LogP contribution in [-0.2, 0) is 12.8 Å². The van der Waals surface area contributed by atoms with Crippen molar-refractivity contribution in [3.63, 3.8) is 0 Å². The molecule has 0 bridgehead atoms. The van der Waals surface area contributed by atoms with Crippen LogP contribution in [0.2, 0.25) is 0 Å². The first-order valence-electron chi connectivity index (χ1n) is 7.76. The Hall–Kier alpha value is -2.94. The summed E-state index contributed by atoms with van der Waals surface area (Å²) in [5, 5.41) is 7.78. The first-order valence-corrected chi connectivity index (χ1v) is 7.76. The van der Waals surface area contributed by atoms with Gasteiger partial charge in [0.25, 0.3) is 0 Å². The van der Waals surface area contributed by atoms with Crippen molar-refractivity contribution in [2.24, 2.45) is 0 Å². The molecule has 3 aromatic rings. The highest BCUT2D eigenvalue weighted by molar-refractivity contribution is 5.91. The Labute approximate surface area is 134 Å². The number of nitrogens with zero attached hydrogens (tertiary/aromatic N) is 2. The summed E-state index contributed by atoms with van der Waals surface area (Å²) >= 11 is 0. The molecule has 0 spiro atoms. The molecule has 2 aromatic carbocycles. The van der Waals surface area contributed by atoms with Gasteiger partial charge >= 0.3 is 0 Å². The molecule has 0 amide bonds. The first-order chi connectivity index (χ1) is 11.4. The van der Waals surface area contributed by atoms with E-state index < -0.39 is 0 Å². The Kier molecular flexibility index (Phi) is 2.62.